The van der Waals surface area contributed by atoms with Crippen LogP contribution in [0.3, 0.4) is 0 Å². The highest BCUT2D eigenvalue weighted by Crippen LogP contribution is 2.22. The summed E-state index contributed by atoms with van der Waals surface area (Å²) < 4.78 is 13.3. The van der Waals surface area contributed by atoms with Gasteiger partial charge in [0, 0.05) is 5.38 Å². The summed E-state index contributed by atoms with van der Waals surface area (Å²) in [5, 5.41) is 6.92. The number of hydrogen-bond acceptors (Lipinski definition) is 4. The third-order valence-electron chi connectivity index (χ3n) is 3.39. The summed E-state index contributed by atoms with van der Waals surface area (Å²) in [6.45, 7) is 3.72. The summed E-state index contributed by atoms with van der Waals surface area (Å²) in [4.78, 5) is 4.27. The van der Waals surface area contributed by atoms with Crippen molar-refractivity contribution in [1.29, 1.82) is 0 Å². The van der Waals surface area contributed by atoms with Crippen molar-refractivity contribution in [2.75, 3.05) is 5.43 Å². The van der Waals surface area contributed by atoms with Crippen LogP contribution in [0.25, 0.3) is 11.1 Å². The molecule has 0 fully saturated rings. The summed E-state index contributed by atoms with van der Waals surface area (Å²) in [6.07, 6.45) is 1.75. The molecule has 1 N–H and O–H groups in total. The molecule has 1 heterocycles. The summed E-state index contributed by atoms with van der Waals surface area (Å²) in [7, 11) is 0. The first-order valence-corrected chi connectivity index (χ1v) is 8.07. The molecule has 1 aromatic heterocycles. The van der Waals surface area contributed by atoms with Crippen LogP contribution >= 0.6 is 11.3 Å². The summed E-state index contributed by atoms with van der Waals surface area (Å²) in [5.74, 6) is -0.180. The normalized spacial score (nSPS) is 11.1. The van der Waals surface area contributed by atoms with Gasteiger partial charge in [-0.1, -0.05) is 30.3 Å². The number of hydrazone groups is 1. The Kier molecular flexibility index (Phi) is 4.48. The number of aryl methyl sites for hydroxylation is 2. The Morgan fingerprint density at radius 2 is 1.83 bits per heavy atom. The van der Waals surface area contributed by atoms with E-state index in [0.717, 1.165) is 27.5 Å². The zero-order valence-corrected chi connectivity index (χ0v) is 13.7. The van der Waals surface area contributed by atoms with Gasteiger partial charge in [0.25, 0.3) is 0 Å². The van der Waals surface area contributed by atoms with Crippen LogP contribution in [-0.4, -0.2) is 11.2 Å². The summed E-state index contributed by atoms with van der Waals surface area (Å²) in [6, 6.07) is 13.1. The Labute approximate surface area is 138 Å². The second kappa shape index (κ2) is 6.71. The lowest BCUT2D eigenvalue weighted by molar-refractivity contribution is 0.619. The number of halogens is 1. The Balaban J connectivity index is 1.70. The molecular formula is C18H16FN3S. The number of hydrogen-bond donors (Lipinski definition) is 1. The van der Waals surface area contributed by atoms with Crippen molar-refractivity contribution in [2.45, 2.75) is 13.8 Å². The molecule has 0 aliphatic carbocycles. The SMILES string of the molecule is Cc1csc(NN=Cc2ccc(-c3ccc(F)c(C)c3)cc2)n1. The van der Waals surface area contributed by atoms with Crippen LogP contribution < -0.4 is 5.43 Å². The summed E-state index contributed by atoms with van der Waals surface area (Å²) in [5.41, 5.74) is 7.57. The maximum absolute atomic E-state index is 13.3. The molecule has 5 heteroatoms. The minimum atomic E-state index is -0.180. The van der Waals surface area contributed by atoms with E-state index in [1.54, 1.807) is 19.2 Å². The fraction of sp³-hybridized carbons (Fsp3) is 0.111. The average Bonchev–Trinajstić information content (AvgIpc) is 2.96. The van der Waals surface area contributed by atoms with Crippen molar-refractivity contribution in [3.63, 3.8) is 0 Å². The van der Waals surface area contributed by atoms with Crippen molar-refractivity contribution < 1.29 is 4.39 Å². The van der Waals surface area contributed by atoms with Crippen molar-refractivity contribution in [2.24, 2.45) is 5.10 Å². The molecule has 3 nitrogen and oxygen atoms in total. The second-order valence-corrected chi connectivity index (χ2v) is 6.11. The molecule has 2 aromatic carbocycles. The first-order valence-electron chi connectivity index (χ1n) is 7.19. The van der Waals surface area contributed by atoms with Gasteiger partial charge in [0.05, 0.1) is 11.9 Å². The van der Waals surface area contributed by atoms with Gasteiger partial charge in [0.1, 0.15) is 5.82 Å². The molecule has 116 valence electrons. The van der Waals surface area contributed by atoms with Gasteiger partial charge in [0.2, 0.25) is 5.13 Å². The maximum Gasteiger partial charge on any atom is 0.203 e. The molecule has 0 unspecified atom stereocenters. The minimum absolute atomic E-state index is 0.180. The number of nitrogens with one attached hydrogen (secondary N) is 1. The zero-order valence-electron chi connectivity index (χ0n) is 12.9. The Morgan fingerprint density at radius 3 is 2.48 bits per heavy atom. The van der Waals surface area contributed by atoms with Crippen LogP contribution in [0.5, 0.6) is 0 Å². The van der Waals surface area contributed by atoms with E-state index in [9.17, 15) is 4.39 Å². The quantitative estimate of drug-likeness (QED) is 0.540. The molecule has 0 radical (unpaired) electrons. The lowest BCUT2D eigenvalue weighted by atomic mass is 10.0. The van der Waals surface area contributed by atoms with Gasteiger partial charge in [-0.05, 0) is 48.2 Å². The number of anilines is 1. The van der Waals surface area contributed by atoms with Crippen molar-refractivity contribution in [1.82, 2.24) is 4.98 Å². The fourth-order valence-electron chi connectivity index (χ4n) is 2.15. The van der Waals surface area contributed by atoms with Crippen molar-refractivity contribution in [3.05, 3.63) is 70.5 Å². The topological polar surface area (TPSA) is 37.3 Å². The molecule has 0 saturated heterocycles. The third kappa shape index (κ3) is 3.81. The van der Waals surface area contributed by atoms with Crippen LogP contribution in [0.2, 0.25) is 0 Å². The van der Waals surface area contributed by atoms with Crippen LogP contribution in [0.15, 0.2) is 52.9 Å². The van der Waals surface area contributed by atoms with Gasteiger partial charge in [0.15, 0.2) is 0 Å². The first kappa shape index (κ1) is 15.4. The molecule has 3 aromatic rings. The molecule has 0 amide bonds. The largest absolute Gasteiger partial charge is 0.253 e. The first-order chi connectivity index (χ1) is 11.1. The summed E-state index contributed by atoms with van der Waals surface area (Å²) >= 11 is 1.52. The van der Waals surface area contributed by atoms with Gasteiger partial charge >= 0.3 is 0 Å². The Bertz CT molecular complexity index is 838. The van der Waals surface area contributed by atoms with Gasteiger partial charge < -0.3 is 0 Å². The lowest BCUT2D eigenvalue weighted by Crippen LogP contribution is -1.90. The molecule has 3 rings (SSSR count). The van der Waals surface area contributed by atoms with E-state index in [1.165, 1.54) is 17.4 Å². The molecule has 0 atom stereocenters. The highest BCUT2D eigenvalue weighted by Gasteiger charge is 2.01. The Hall–Kier alpha value is -2.53. The Morgan fingerprint density at radius 1 is 1.09 bits per heavy atom. The van der Waals surface area contributed by atoms with Gasteiger partial charge in [-0.2, -0.15) is 5.10 Å². The third-order valence-corrected chi connectivity index (χ3v) is 4.26. The number of aromatic nitrogens is 1. The van der Waals surface area contributed by atoms with Crippen LogP contribution in [-0.2, 0) is 0 Å². The zero-order chi connectivity index (χ0) is 16.2. The van der Waals surface area contributed by atoms with E-state index in [2.05, 4.69) is 15.5 Å². The number of benzene rings is 2. The van der Waals surface area contributed by atoms with Gasteiger partial charge in [-0.3, -0.25) is 5.43 Å². The van der Waals surface area contributed by atoms with E-state index in [4.69, 9.17) is 0 Å². The van der Waals surface area contributed by atoms with E-state index >= 15 is 0 Å². The van der Waals surface area contributed by atoms with E-state index < -0.39 is 0 Å². The standard InChI is InChI=1S/C18H16FN3S/c1-12-9-16(7-8-17(12)19)15-5-3-14(4-6-15)10-20-22-18-21-13(2)11-23-18/h3-11H,1-2H3,(H,21,22). The second-order valence-electron chi connectivity index (χ2n) is 5.25. The molecule has 0 saturated carbocycles. The molecule has 0 aliphatic heterocycles. The predicted molar refractivity (Wildman–Crippen MR) is 94.6 cm³/mol. The highest BCUT2D eigenvalue weighted by atomic mass is 32.1. The predicted octanol–water partition coefficient (Wildman–Crippen LogP) is 5.01. The van der Waals surface area contributed by atoms with Crippen LogP contribution in [0.4, 0.5) is 9.52 Å². The van der Waals surface area contributed by atoms with E-state index in [0.29, 0.717) is 5.56 Å². The fourth-order valence-corrected chi connectivity index (χ4v) is 2.79. The monoisotopic (exact) mass is 325 g/mol. The molecule has 23 heavy (non-hydrogen) atoms. The molecule has 0 aliphatic rings. The van der Waals surface area contributed by atoms with Crippen LogP contribution in [0.1, 0.15) is 16.8 Å². The molecular weight excluding hydrogens is 309 g/mol. The highest BCUT2D eigenvalue weighted by molar-refractivity contribution is 7.13. The van der Waals surface area contributed by atoms with Crippen LogP contribution in [0, 0.1) is 19.7 Å². The minimum Gasteiger partial charge on any atom is -0.253 e. The number of rotatable bonds is 4. The average molecular weight is 325 g/mol. The van der Waals surface area contributed by atoms with Gasteiger partial charge in [-0.25, -0.2) is 9.37 Å². The maximum atomic E-state index is 13.3. The van der Waals surface area contributed by atoms with E-state index in [-0.39, 0.29) is 5.82 Å². The molecule has 0 bridgehead atoms. The van der Waals surface area contributed by atoms with Crippen molar-refractivity contribution in [3.8, 4) is 11.1 Å². The smallest absolute Gasteiger partial charge is 0.203 e. The molecule has 0 spiro atoms. The van der Waals surface area contributed by atoms with E-state index in [1.807, 2.05) is 42.6 Å². The van der Waals surface area contributed by atoms with Gasteiger partial charge in [-0.15, -0.1) is 11.3 Å². The van der Waals surface area contributed by atoms with Crippen molar-refractivity contribution >= 4 is 22.7 Å². The number of thiazole rings is 1. The number of nitrogens with zero attached hydrogens (tertiary/aromatic N) is 2. The lowest BCUT2D eigenvalue weighted by Gasteiger charge is -2.04.